The topological polar surface area (TPSA) is 26.0 Å². The fraction of sp³-hybridized carbons (Fsp3) is 0.0769. The van der Waals surface area contributed by atoms with Gasteiger partial charge < -0.3 is 5.73 Å². The van der Waals surface area contributed by atoms with E-state index in [1.54, 1.807) is 12.1 Å². The predicted octanol–water partition coefficient (Wildman–Crippen LogP) is 4.65. The summed E-state index contributed by atoms with van der Waals surface area (Å²) in [7, 11) is 0. The highest BCUT2D eigenvalue weighted by atomic mass is 127. The maximum Gasteiger partial charge on any atom is 0.0577 e. The Morgan fingerprint density at radius 3 is 2.41 bits per heavy atom. The molecule has 0 fully saturated rings. The standard InChI is InChI=1S/C13H10Cl2IN/c14-8-5-6-11(15)10(7-8)13(17)9-3-1-2-4-12(9)16/h1-7,13H,17H2. The minimum Gasteiger partial charge on any atom is -0.320 e. The molecule has 0 saturated heterocycles. The molecule has 0 bridgehead atoms. The minimum absolute atomic E-state index is 0.255. The van der Waals surface area contributed by atoms with Gasteiger partial charge in [-0.2, -0.15) is 0 Å². The minimum atomic E-state index is -0.255. The van der Waals surface area contributed by atoms with E-state index in [-0.39, 0.29) is 6.04 Å². The molecule has 0 amide bonds. The van der Waals surface area contributed by atoms with E-state index in [0.29, 0.717) is 10.0 Å². The van der Waals surface area contributed by atoms with E-state index in [1.165, 1.54) is 0 Å². The maximum absolute atomic E-state index is 6.24. The van der Waals surface area contributed by atoms with Crippen molar-refractivity contribution in [3.63, 3.8) is 0 Å². The lowest BCUT2D eigenvalue weighted by atomic mass is 10.00. The molecular formula is C13H10Cl2IN. The number of hydrogen-bond acceptors (Lipinski definition) is 1. The maximum atomic E-state index is 6.24. The van der Waals surface area contributed by atoms with Gasteiger partial charge in [-0.05, 0) is 58.0 Å². The van der Waals surface area contributed by atoms with Crippen LogP contribution in [0.5, 0.6) is 0 Å². The van der Waals surface area contributed by atoms with Crippen molar-refractivity contribution in [2.75, 3.05) is 0 Å². The summed E-state index contributed by atoms with van der Waals surface area (Å²) in [5.74, 6) is 0. The Kier molecular flexibility index (Phi) is 4.31. The highest BCUT2D eigenvalue weighted by Crippen LogP contribution is 2.30. The van der Waals surface area contributed by atoms with E-state index in [1.807, 2.05) is 30.3 Å². The average Bonchev–Trinajstić information content (AvgIpc) is 2.32. The molecule has 17 heavy (non-hydrogen) atoms. The van der Waals surface area contributed by atoms with Crippen LogP contribution in [0.4, 0.5) is 0 Å². The number of halogens is 3. The first-order valence-electron chi connectivity index (χ1n) is 5.04. The Bertz CT molecular complexity index is 543. The molecule has 2 aromatic rings. The van der Waals surface area contributed by atoms with Crippen LogP contribution in [0.1, 0.15) is 17.2 Å². The van der Waals surface area contributed by atoms with Crippen LogP contribution in [-0.2, 0) is 0 Å². The molecule has 0 aromatic heterocycles. The molecule has 0 aliphatic carbocycles. The second-order valence-corrected chi connectivity index (χ2v) is 5.67. The van der Waals surface area contributed by atoms with Gasteiger partial charge in [0.15, 0.2) is 0 Å². The van der Waals surface area contributed by atoms with E-state index >= 15 is 0 Å². The third-order valence-corrected chi connectivity index (χ3v) is 4.10. The van der Waals surface area contributed by atoms with Crippen LogP contribution >= 0.6 is 45.8 Å². The quantitative estimate of drug-likeness (QED) is 0.757. The van der Waals surface area contributed by atoms with Gasteiger partial charge in [-0.25, -0.2) is 0 Å². The second-order valence-electron chi connectivity index (χ2n) is 3.67. The lowest BCUT2D eigenvalue weighted by Gasteiger charge is -2.16. The van der Waals surface area contributed by atoms with E-state index < -0.39 is 0 Å². The molecular weight excluding hydrogens is 368 g/mol. The lowest BCUT2D eigenvalue weighted by Crippen LogP contribution is -2.13. The van der Waals surface area contributed by atoms with Crippen LogP contribution in [0.2, 0.25) is 10.0 Å². The first kappa shape index (κ1) is 13.1. The van der Waals surface area contributed by atoms with E-state index in [2.05, 4.69) is 22.6 Å². The monoisotopic (exact) mass is 377 g/mol. The van der Waals surface area contributed by atoms with E-state index in [9.17, 15) is 0 Å². The van der Waals surface area contributed by atoms with Gasteiger partial charge in [-0.1, -0.05) is 41.4 Å². The molecule has 88 valence electrons. The smallest absolute Gasteiger partial charge is 0.0577 e. The van der Waals surface area contributed by atoms with Crippen LogP contribution in [-0.4, -0.2) is 0 Å². The van der Waals surface area contributed by atoms with Gasteiger partial charge >= 0.3 is 0 Å². The summed E-state index contributed by atoms with van der Waals surface area (Å²) < 4.78 is 1.12. The Hall–Kier alpha value is -0.290. The summed E-state index contributed by atoms with van der Waals surface area (Å²) >= 11 is 14.4. The molecule has 0 saturated carbocycles. The molecule has 1 nitrogen and oxygen atoms in total. The van der Waals surface area contributed by atoms with Gasteiger partial charge in [0.05, 0.1) is 6.04 Å². The molecule has 1 atom stereocenters. The van der Waals surface area contributed by atoms with Crippen molar-refractivity contribution in [2.45, 2.75) is 6.04 Å². The first-order chi connectivity index (χ1) is 8.09. The van der Waals surface area contributed by atoms with E-state index in [0.717, 1.165) is 14.7 Å². The second kappa shape index (κ2) is 5.57. The molecule has 0 heterocycles. The zero-order chi connectivity index (χ0) is 12.4. The van der Waals surface area contributed by atoms with Gasteiger partial charge in [0, 0.05) is 13.6 Å². The van der Waals surface area contributed by atoms with Crippen LogP contribution in [0, 0.1) is 3.57 Å². The van der Waals surface area contributed by atoms with Crippen molar-refractivity contribution < 1.29 is 0 Å². The highest BCUT2D eigenvalue weighted by molar-refractivity contribution is 14.1. The Morgan fingerprint density at radius 2 is 1.71 bits per heavy atom. The number of hydrogen-bond donors (Lipinski definition) is 1. The van der Waals surface area contributed by atoms with E-state index in [4.69, 9.17) is 28.9 Å². The molecule has 0 aliphatic rings. The normalized spacial score (nSPS) is 12.5. The first-order valence-corrected chi connectivity index (χ1v) is 6.88. The molecule has 4 heteroatoms. The number of rotatable bonds is 2. The highest BCUT2D eigenvalue weighted by Gasteiger charge is 2.15. The fourth-order valence-corrected chi connectivity index (χ4v) is 2.79. The largest absolute Gasteiger partial charge is 0.320 e. The SMILES string of the molecule is NC(c1cc(Cl)ccc1Cl)c1ccccc1I. The molecule has 1 unspecified atom stereocenters. The fourth-order valence-electron chi connectivity index (χ4n) is 1.65. The number of benzene rings is 2. The third-order valence-electron chi connectivity index (χ3n) is 2.53. The molecule has 0 aliphatic heterocycles. The predicted molar refractivity (Wildman–Crippen MR) is 81.7 cm³/mol. The Morgan fingerprint density at radius 1 is 1.00 bits per heavy atom. The zero-order valence-corrected chi connectivity index (χ0v) is 12.5. The van der Waals surface area contributed by atoms with Crippen molar-refractivity contribution in [2.24, 2.45) is 5.73 Å². The summed E-state index contributed by atoms with van der Waals surface area (Å²) in [6, 6.07) is 13.1. The lowest BCUT2D eigenvalue weighted by molar-refractivity contribution is 0.865. The van der Waals surface area contributed by atoms with Crippen molar-refractivity contribution in [3.8, 4) is 0 Å². The number of nitrogens with two attached hydrogens (primary N) is 1. The van der Waals surface area contributed by atoms with Gasteiger partial charge in [0.2, 0.25) is 0 Å². The van der Waals surface area contributed by atoms with Gasteiger partial charge in [-0.15, -0.1) is 0 Å². The van der Waals surface area contributed by atoms with Gasteiger partial charge in [-0.3, -0.25) is 0 Å². The van der Waals surface area contributed by atoms with Crippen LogP contribution < -0.4 is 5.73 Å². The summed E-state index contributed by atoms with van der Waals surface area (Å²) in [6.07, 6.45) is 0. The van der Waals surface area contributed by atoms with Gasteiger partial charge in [0.1, 0.15) is 0 Å². The molecule has 0 spiro atoms. The van der Waals surface area contributed by atoms with Crippen LogP contribution in [0.15, 0.2) is 42.5 Å². The van der Waals surface area contributed by atoms with Crippen molar-refractivity contribution in [3.05, 3.63) is 67.2 Å². The summed E-state index contributed by atoms with van der Waals surface area (Å²) in [4.78, 5) is 0. The molecule has 2 rings (SSSR count). The molecule has 2 aromatic carbocycles. The van der Waals surface area contributed by atoms with Crippen molar-refractivity contribution in [1.82, 2.24) is 0 Å². The average molecular weight is 378 g/mol. The van der Waals surface area contributed by atoms with Crippen molar-refractivity contribution >= 4 is 45.8 Å². The summed E-state index contributed by atoms with van der Waals surface area (Å²) in [5.41, 5.74) is 8.14. The van der Waals surface area contributed by atoms with Crippen molar-refractivity contribution in [1.29, 1.82) is 0 Å². The van der Waals surface area contributed by atoms with Gasteiger partial charge in [0.25, 0.3) is 0 Å². The molecule has 0 radical (unpaired) electrons. The Balaban J connectivity index is 2.47. The van der Waals surface area contributed by atoms with Crippen LogP contribution in [0.3, 0.4) is 0 Å². The Labute approximate surface area is 124 Å². The molecule has 2 N–H and O–H groups in total. The third kappa shape index (κ3) is 2.94. The zero-order valence-electron chi connectivity index (χ0n) is 8.83. The summed E-state index contributed by atoms with van der Waals surface area (Å²) in [5, 5.41) is 1.28. The van der Waals surface area contributed by atoms with Crippen LogP contribution in [0.25, 0.3) is 0 Å². The summed E-state index contributed by atoms with van der Waals surface area (Å²) in [6.45, 7) is 0.